The summed E-state index contributed by atoms with van der Waals surface area (Å²) in [5.74, 6) is -0.367. The number of rotatable bonds is 6. The van der Waals surface area contributed by atoms with Gasteiger partial charge in [0, 0.05) is 18.5 Å². The van der Waals surface area contributed by atoms with E-state index in [1.54, 1.807) is 6.07 Å². The van der Waals surface area contributed by atoms with E-state index in [0.29, 0.717) is 0 Å². The minimum Gasteiger partial charge on any atom is -0.444 e. The number of carbonyl (C=O) groups is 1. The molecule has 1 amide bonds. The third-order valence-electron chi connectivity index (χ3n) is 7.77. The number of nitriles is 1. The maximum absolute atomic E-state index is 14.5. The Balaban J connectivity index is 1.59. The summed E-state index contributed by atoms with van der Waals surface area (Å²) in [4.78, 5) is 15.1. The van der Waals surface area contributed by atoms with Crippen molar-refractivity contribution >= 4 is 6.09 Å². The predicted octanol–water partition coefficient (Wildman–Crippen LogP) is 6.19. The first-order valence-electron chi connectivity index (χ1n) is 13.1. The molecule has 36 heavy (non-hydrogen) atoms. The van der Waals surface area contributed by atoms with E-state index in [1.807, 2.05) is 32.9 Å². The average molecular weight is 492 g/mol. The van der Waals surface area contributed by atoms with Crippen molar-refractivity contribution in [1.29, 1.82) is 5.26 Å². The van der Waals surface area contributed by atoms with Gasteiger partial charge in [0.2, 0.25) is 0 Å². The maximum atomic E-state index is 14.5. The van der Waals surface area contributed by atoms with Crippen molar-refractivity contribution in [2.45, 2.75) is 76.5 Å². The van der Waals surface area contributed by atoms with E-state index in [-0.39, 0.29) is 23.7 Å². The van der Waals surface area contributed by atoms with Gasteiger partial charge in [-0.2, -0.15) is 5.26 Å². The fourth-order valence-corrected chi connectivity index (χ4v) is 6.26. The standard InChI is InChI=1S/C30H38FN3O2/c1-29(2,3)36-28(35)33-27-14-8-13-26(27)30(21-32,24-11-7-12-25(31)19-24)23-15-17-34(18-16-23)20-22-9-5-4-6-10-22/h4-7,9-12,19,23,26-27H,8,13-18,20H2,1-3H3,(H,33,35)/t26?,27?,30-/m0/s1. The molecule has 3 atom stereocenters. The molecule has 5 nitrogen and oxygen atoms in total. The van der Waals surface area contributed by atoms with Gasteiger partial charge in [-0.25, -0.2) is 9.18 Å². The van der Waals surface area contributed by atoms with Gasteiger partial charge in [0.15, 0.2) is 0 Å². The Labute approximate surface area is 214 Å². The van der Waals surface area contributed by atoms with Crippen molar-refractivity contribution < 1.29 is 13.9 Å². The first kappa shape index (κ1) is 26.2. The number of amides is 1. The summed E-state index contributed by atoms with van der Waals surface area (Å²) in [6.07, 6.45) is 3.77. The van der Waals surface area contributed by atoms with Crippen molar-refractivity contribution in [3.63, 3.8) is 0 Å². The molecule has 1 saturated heterocycles. The number of carbonyl (C=O) groups excluding carboxylic acids is 1. The molecule has 192 valence electrons. The highest BCUT2D eigenvalue weighted by Gasteiger charge is 2.52. The molecular formula is C30H38FN3O2. The van der Waals surface area contributed by atoms with E-state index in [2.05, 4.69) is 40.6 Å². The van der Waals surface area contributed by atoms with Crippen molar-refractivity contribution in [3.8, 4) is 6.07 Å². The molecule has 2 aromatic carbocycles. The van der Waals surface area contributed by atoms with Crippen LogP contribution in [0.2, 0.25) is 0 Å². The van der Waals surface area contributed by atoms with Crippen LogP contribution in [0.1, 0.15) is 64.0 Å². The minimum absolute atomic E-state index is 0.0716. The molecule has 1 aliphatic heterocycles. The summed E-state index contributed by atoms with van der Waals surface area (Å²) in [5.41, 5.74) is 0.537. The van der Waals surface area contributed by atoms with Gasteiger partial charge in [-0.3, -0.25) is 4.90 Å². The molecule has 1 heterocycles. The summed E-state index contributed by atoms with van der Waals surface area (Å²) in [5, 5.41) is 13.9. The van der Waals surface area contributed by atoms with Crippen molar-refractivity contribution in [3.05, 3.63) is 71.5 Å². The molecule has 1 N–H and O–H groups in total. The first-order chi connectivity index (χ1) is 17.2. The van der Waals surface area contributed by atoms with E-state index in [4.69, 9.17) is 4.74 Å². The zero-order valence-electron chi connectivity index (χ0n) is 21.7. The Morgan fingerprint density at radius 3 is 2.44 bits per heavy atom. The quantitative estimate of drug-likeness (QED) is 0.523. The van der Waals surface area contributed by atoms with Gasteiger partial charge in [0.25, 0.3) is 0 Å². The highest BCUT2D eigenvalue weighted by atomic mass is 19.1. The molecule has 2 aliphatic rings. The van der Waals surface area contributed by atoms with E-state index < -0.39 is 17.1 Å². The van der Waals surface area contributed by atoms with E-state index in [0.717, 1.165) is 57.3 Å². The lowest BCUT2D eigenvalue weighted by Crippen LogP contribution is -2.52. The van der Waals surface area contributed by atoms with E-state index >= 15 is 0 Å². The summed E-state index contributed by atoms with van der Waals surface area (Å²) < 4.78 is 20.0. The van der Waals surface area contributed by atoms with Crippen LogP contribution in [0.15, 0.2) is 54.6 Å². The molecule has 0 radical (unpaired) electrons. The van der Waals surface area contributed by atoms with Crippen LogP contribution in [0.25, 0.3) is 0 Å². The number of likely N-dealkylation sites (tertiary alicyclic amines) is 1. The largest absolute Gasteiger partial charge is 0.444 e. The van der Waals surface area contributed by atoms with Crippen LogP contribution in [-0.4, -0.2) is 35.7 Å². The Hall–Kier alpha value is -2.91. The molecule has 4 rings (SSSR count). The fraction of sp³-hybridized carbons (Fsp3) is 0.533. The Kier molecular flexibility index (Phi) is 8.00. The molecule has 0 bridgehead atoms. The average Bonchev–Trinajstić information content (AvgIpc) is 3.29. The smallest absolute Gasteiger partial charge is 0.407 e. The van der Waals surface area contributed by atoms with Gasteiger partial charge in [0.1, 0.15) is 11.4 Å². The zero-order chi connectivity index (χ0) is 25.8. The van der Waals surface area contributed by atoms with Crippen molar-refractivity contribution in [2.24, 2.45) is 11.8 Å². The molecule has 6 heteroatoms. The topological polar surface area (TPSA) is 65.4 Å². The van der Waals surface area contributed by atoms with E-state index in [9.17, 15) is 14.4 Å². The van der Waals surface area contributed by atoms with Gasteiger partial charge < -0.3 is 10.1 Å². The number of benzene rings is 2. The number of hydrogen-bond acceptors (Lipinski definition) is 4. The van der Waals surface area contributed by atoms with Crippen LogP contribution in [0.4, 0.5) is 9.18 Å². The summed E-state index contributed by atoms with van der Waals surface area (Å²) in [6.45, 7) is 8.18. The second-order valence-electron chi connectivity index (χ2n) is 11.3. The Morgan fingerprint density at radius 2 is 1.81 bits per heavy atom. The molecular weight excluding hydrogens is 453 g/mol. The van der Waals surface area contributed by atoms with Crippen LogP contribution in [0.5, 0.6) is 0 Å². The lowest BCUT2D eigenvalue weighted by molar-refractivity contribution is 0.0459. The number of ether oxygens (including phenoxy) is 1. The van der Waals surface area contributed by atoms with Gasteiger partial charge in [-0.15, -0.1) is 0 Å². The molecule has 2 aromatic rings. The molecule has 0 aromatic heterocycles. The summed E-state index contributed by atoms with van der Waals surface area (Å²) in [7, 11) is 0. The van der Waals surface area contributed by atoms with Gasteiger partial charge in [0.05, 0.1) is 11.5 Å². The highest BCUT2D eigenvalue weighted by molar-refractivity contribution is 5.68. The minimum atomic E-state index is -0.878. The monoisotopic (exact) mass is 491 g/mol. The number of nitrogens with one attached hydrogen (secondary N) is 1. The fourth-order valence-electron chi connectivity index (χ4n) is 6.26. The predicted molar refractivity (Wildman–Crippen MR) is 139 cm³/mol. The summed E-state index contributed by atoms with van der Waals surface area (Å²) in [6, 6.07) is 19.5. The number of nitrogens with zero attached hydrogens (tertiary/aromatic N) is 2. The highest BCUT2D eigenvalue weighted by Crippen LogP contribution is 2.50. The number of hydrogen-bond donors (Lipinski definition) is 1. The summed E-state index contributed by atoms with van der Waals surface area (Å²) >= 11 is 0. The van der Waals surface area contributed by atoms with Crippen molar-refractivity contribution in [1.82, 2.24) is 10.2 Å². The van der Waals surface area contributed by atoms with Crippen LogP contribution in [-0.2, 0) is 16.7 Å². The zero-order valence-corrected chi connectivity index (χ0v) is 21.7. The normalized spacial score (nSPS) is 23.0. The Morgan fingerprint density at radius 1 is 1.08 bits per heavy atom. The molecule has 2 unspecified atom stereocenters. The molecule has 2 fully saturated rings. The Bertz CT molecular complexity index is 1070. The molecule has 1 saturated carbocycles. The maximum Gasteiger partial charge on any atom is 0.407 e. The second-order valence-corrected chi connectivity index (χ2v) is 11.3. The third kappa shape index (κ3) is 5.90. The van der Waals surface area contributed by atoms with Crippen LogP contribution in [0.3, 0.4) is 0 Å². The number of piperidine rings is 1. The third-order valence-corrected chi connectivity index (χ3v) is 7.77. The number of halogens is 1. The van der Waals surface area contributed by atoms with Gasteiger partial charge in [-0.05, 0) is 88.7 Å². The SMILES string of the molecule is CC(C)(C)OC(=O)NC1CCCC1[C@](C#N)(c1cccc(F)c1)C1CCN(Cc2ccccc2)CC1. The molecule has 1 aliphatic carbocycles. The van der Waals surface area contributed by atoms with Gasteiger partial charge >= 0.3 is 6.09 Å². The lowest BCUT2D eigenvalue weighted by atomic mass is 9.59. The van der Waals surface area contributed by atoms with E-state index in [1.165, 1.54) is 17.7 Å². The van der Waals surface area contributed by atoms with Gasteiger partial charge in [-0.1, -0.05) is 48.9 Å². The van der Waals surface area contributed by atoms with Crippen LogP contribution in [0, 0.1) is 29.0 Å². The van der Waals surface area contributed by atoms with Crippen LogP contribution < -0.4 is 5.32 Å². The number of alkyl carbamates (subject to hydrolysis) is 1. The first-order valence-corrected chi connectivity index (χ1v) is 13.1. The molecule has 0 spiro atoms. The second kappa shape index (κ2) is 11.0. The lowest BCUT2D eigenvalue weighted by Gasteiger charge is -2.46. The van der Waals surface area contributed by atoms with Crippen LogP contribution >= 0.6 is 0 Å². The van der Waals surface area contributed by atoms with Crippen molar-refractivity contribution in [2.75, 3.05) is 13.1 Å².